The second-order valence-electron chi connectivity index (χ2n) is 6.62. The highest BCUT2D eigenvalue weighted by molar-refractivity contribution is 5.63. The fourth-order valence-corrected chi connectivity index (χ4v) is 3.15. The smallest absolute Gasteiger partial charge is 0.434 e. The summed E-state index contributed by atoms with van der Waals surface area (Å²) in [5, 5.41) is 0. The molecule has 0 N–H and O–H groups in total. The maximum absolute atomic E-state index is 11.5. The van der Waals surface area contributed by atoms with E-state index in [-0.39, 0.29) is 0 Å². The Morgan fingerprint density at radius 2 is 2.00 bits per heavy atom. The van der Waals surface area contributed by atoms with Crippen molar-refractivity contribution in [2.75, 3.05) is 6.61 Å². The van der Waals surface area contributed by atoms with Crippen molar-refractivity contribution < 1.29 is 14.3 Å². The van der Waals surface area contributed by atoms with Gasteiger partial charge in [0.25, 0.3) is 0 Å². The molecule has 0 fully saturated rings. The average molecular weight is 330 g/mol. The van der Waals surface area contributed by atoms with E-state index >= 15 is 0 Å². The molecule has 0 saturated carbocycles. The van der Waals surface area contributed by atoms with Crippen molar-refractivity contribution in [3.05, 3.63) is 42.0 Å². The number of hydrogen-bond donors (Lipinski definition) is 0. The second kappa shape index (κ2) is 10.9. The quantitative estimate of drug-likeness (QED) is 0.231. The van der Waals surface area contributed by atoms with Crippen molar-refractivity contribution in [3.63, 3.8) is 0 Å². The zero-order valence-corrected chi connectivity index (χ0v) is 14.8. The number of allylic oxidation sites excluding steroid dienone is 2. The van der Waals surface area contributed by atoms with Crippen LogP contribution in [0.5, 0.6) is 5.75 Å². The Hall–Kier alpha value is -1.77. The van der Waals surface area contributed by atoms with Crippen LogP contribution >= 0.6 is 0 Å². The fourth-order valence-electron chi connectivity index (χ4n) is 3.15. The van der Waals surface area contributed by atoms with Gasteiger partial charge < -0.3 is 9.47 Å². The molecule has 0 heterocycles. The maximum Gasteiger partial charge on any atom is 0.513 e. The van der Waals surface area contributed by atoms with Gasteiger partial charge in [-0.2, -0.15) is 0 Å². The molecule has 0 bridgehead atoms. The van der Waals surface area contributed by atoms with E-state index in [9.17, 15) is 4.79 Å². The SMILES string of the molecule is CCCCC1CC=C(CCCCOC(=O)Oc2ccccc2)CC1. The molecule has 1 aliphatic rings. The molecule has 0 radical (unpaired) electrons. The van der Waals surface area contributed by atoms with Crippen LogP contribution in [0.2, 0.25) is 0 Å². The Labute approximate surface area is 146 Å². The molecule has 0 saturated heterocycles. The van der Waals surface area contributed by atoms with Crippen molar-refractivity contribution in [1.29, 1.82) is 0 Å². The standard InChI is InChI=1S/C21H30O3/c1-2-3-9-18-13-15-19(16-14-18)10-7-8-17-23-21(22)24-20-11-5-4-6-12-20/h4-6,11-12,15,18H,2-3,7-10,13-14,16-17H2,1H3. The summed E-state index contributed by atoms with van der Waals surface area (Å²) in [6.45, 7) is 2.69. The summed E-state index contributed by atoms with van der Waals surface area (Å²) in [5.74, 6) is 1.43. The van der Waals surface area contributed by atoms with E-state index in [0.29, 0.717) is 12.4 Å². The first kappa shape index (κ1) is 18.6. The van der Waals surface area contributed by atoms with Crippen LogP contribution in [-0.2, 0) is 4.74 Å². The minimum Gasteiger partial charge on any atom is -0.434 e. The predicted octanol–water partition coefficient (Wildman–Crippen LogP) is 6.29. The Morgan fingerprint density at radius 1 is 1.17 bits per heavy atom. The molecule has 1 atom stereocenters. The van der Waals surface area contributed by atoms with Crippen LogP contribution in [-0.4, -0.2) is 12.8 Å². The minimum absolute atomic E-state index is 0.429. The van der Waals surface area contributed by atoms with Crippen molar-refractivity contribution in [3.8, 4) is 5.75 Å². The van der Waals surface area contributed by atoms with Crippen LogP contribution in [0.4, 0.5) is 4.79 Å². The largest absolute Gasteiger partial charge is 0.513 e. The maximum atomic E-state index is 11.5. The molecular weight excluding hydrogens is 300 g/mol. The third-order valence-electron chi connectivity index (χ3n) is 4.64. The van der Waals surface area contributed by atoms with Crippen LogP contribution < -0.4 is 4.74 Å². The van der Waals surface area contributed by atoms with Gasteiger partial charge in [-0.25, -0.2) is 4.79 Å². The molecule has 0 amide bonds. The highest BCUT2D eigenvalue weighted by atomic mass is 16.7. The zero-order chi connectivity index (χ0) is 17.0. The van der Waals surface area contributed by atoms with E-state index in [1.807, 2.05) is 18.2 Å². The molecule has 24 heavy (non-hydrogen) atoms. The Morgan fingerprint density at radius 3 is 2.71 bits per heavy atom. The lowest BCUT2D eigenvalue weighted by Gasteiger charge is -2.21. The molecule has 1 aromatic rings. The van der Waals surface area contributed by atoms with E-state index < -0.39 is 6.16 Å². The van der Waals surface area contributed by atoms with E-state index in [1.54, 1.807) is 17.7 Å². The van der Waals surface area contributed by atoms with Crippen LogP contribution in [0.3, 0.4) is 0 Å². The van der Waals surface area contributed by atoms with Crippen molar-refractivity contribution in [1.82, 2.24) is 0 Å². The topological polar surface area (TPSA) is 35.5 Å². The molecule has 3 nitrogen and oxygen atoms in total. The minimum atomic E-state index is -0.614. The van der Waals surface area contributed by atoms with Gasteiger partial charge in [0.05, 0.1) is 6.61 Å². The predicted molar refractivity (Wildman–Crippen MR) is 97.2 cm³/mol. The first-order valence-corrected chi connectivity index (χ1v) is 9.35. The average Bonchev–Trinajstić information content (AvgIpc) is 2.61. The summed E-state index contributed by atoms with van der Waals surface area (Å²) in [6, 6.07) is 9.01. The van der Waals surface area contributed by atoms with Crippen LogP contribution in [0.15, 0.2) is 42.0 Å². The molecule has 3 heteroatoms. The van der Waals surface area contributed by atoms with Gasteiger partial charge in [0, 0.05) is 0 Å². The Balaban J connectivity index is 1.52. The molecule has 1 unspecified atom stereocenters. The summed E-state index contributed by atoms with van der Waals surface area (Å²) in [4.78, 5) is 11.5. The number of hydrogen-bond acceptors (Lipinski definition) is 3. The lowest BCUT2D eigenvalue weighted by molar-refractivity contribution is 0.0975. The third kappa shape index (κ3) is 7.20. The first-order valence-electron chi connectivity index (χ1n) is 9.35. The van der Waals surface area contributed by atoms with Gasteiger partial charge in [0.1, 0.15) is 5.75 Å². The summed E-state index contributed by atoms with van der Waals surface area (Å²) < 4.78 is 10.2. The second-order valence-corrected chi connectivity index (χ2v) is 6.62. The number of rotatable bonds is 9. The van der Waals surface area contributed by atoms with E-state index in [4.69, 9.17) is 9.47 Å². The summed E-state index contributed by atoms with van der Waals surface area (Å²) in [7, 11) is 0. The van der Waals surface area contributed by atoms with Crippen molar-refractivity contribution >= 4 is 6.16 Å². The zero-order valence-electron chi connectivity index (χ0n) is 14.8. The highest BCUT2D eigenvalue weighted by Gasteiger charge is 2.13. The lowest BCUT2D eigenvalue weighted by Crippen LogP contribution is -2.11. The molecular formula is C21H30O3. The van der Waals surface area contributed by atoms with Gasteiger partial charge in [0.2, 0.25) is 0 Å². The number of ether oxygens (including phenoxy) is 2. The van der Waals surface area contributed by atoms with Crippen molar-refractivity contribution in [2.24, 2.45) is 5.92 Å². The summed E-state index contributed by atoms with van der Waals surface area (Å²) in [5.41, 5.74) is 1.59. The van der Waals surface area contributed by atoms with Gasteiger partial charge in [0.15, 0.2) is 0 Å². The molecule has 0 aliphatic heterocycles. The molecule has 1 aliphatic carbocycles. The number of unbranched alkanes of at least 4 members (excludes halogenated alkanes) is 2. The molecule has 1 aromatic carbocycles. The van der Waals surface area contributed by atoms with Crippen LogP contribution in [0.25, 0.3) is 0 Å². The first-order chi connectivity index (χ1) is 11.8. The summed E-state index contributed by atoms with van der Waals surface area (Å²) in [6.07, 6.45) is 12.9. The van der Waals surface area contributed by atoms with Crippen LogP contribution in [0.1, 0.15) is 64.7 Å². The molecule has 2 rings (SSSR count). The van der Waals surface area contributed by atoms with E-state index in [2.05, 4.69) is 13.0 Å². The highest BCUT2D eigenvalue weighted by Crippen LogP contribution is 2.29. The fraction of sp³-hybridized carbons (Fsp3) is 0.571. The van der Waals surface area contributed by atoms with E-state index in [1.165, 1.54) is 38.5 Å². The van der Waals surface area contributed by atoms with Gasteiger partial charge in [-0.15, -0.1) is 0 Å². The van der Waals surface area contributed by atoms with Crippen molar-refractivity contribution in [2.45, 2.75) is 64.7 Å². The summed E-state index contributed by atoms with van der Waals surface area (Å²) >= 11 is 0. The normalized spacial score (nSPS) is 17.2. The Bertz CT molecular complexity index is 507. The number of benzene rings is 1. The Kier molecular flexibility index (Phi) is 8.43. The number of carbonyl (C=O) groups is 1. The number of para-hydroxylation sites is 1. The molecule has 132 valence electrons. The van der Waals surface area contributed by atoms with Gasteiger partial charge >= 0.3 is 6.16 Å². The van der Waals surface area contributed by atoms with Gasteiger partial charge in [-0.05, 0) is 56.6 Å². The molecule has 0 spiro atoms. The monoisotopic (exact) mass is 330 g/mol. The van der Waals surface area contributed by atoms with Crippen LogP contribution in [0, 0.1) is 5.92 Å². The van der Waals surface area contributed by atoms with Gasteiger partial charge in [-0.1, -0.05) is 56.0 Å². The van der Waals surface area contributed by atoms with E-state index in [0.717, 1.165) is 25.2 Å². The third-order valence-corrected chi connectivity index (χ3v) is 4.64. The molecule has 0 aromatic heterocycles. The van der Waals surface area contributed by atoms with Gasteiger partial charge in [-0.3, -0.25) is 0 Å². The lowest BCUT2D eigenvalue weighted by atomic mass is 9.85. The number of carbonyl (C=O) groups excluding carboxylic acids is 1.